The number of hydrogen-bond donors (Lipinski definition) is 1. The number of carboxylic acids is 1. The fourth-order valence-corrected chi connectivity index (χ4v) is 2.52. The highest BCUT2D eigenvalue weighted by Crippen LogP contribution is 2.22. The van der Waals surface area contributed by atoms with Gasteiger partial charge in [-0.05, 0) is 31.3 Å². The number of likely N-dealkylation sites (N-methyl/N-ethyl adjacent to an activating group) is 1. The molecule has 1 aromatic carbocycles. The summed E-state index contributed by atoms with van der Waals surface area (Å²) in [5.41, 5.74) is 1.15. The van der Waals surface area contributed by atoms with E-state index in [4.69, 9.17) is 5.11 Å². The lowest BCUT2D eigenvalue weighted by Crippen LogP contribution is -2.52. The first-order valence-electron chi connectivity index (χ1n) is 5.99. The van der Waals surface area contributed by atoms with Crippen LogP contribution in [-0.2, 0) is 4.79 Å². The minimum absolute atomic E-state index is 0.0832. The van der Waals surface area contributed by atoms with Gasteiger partial charge in [0, 0.05) is 35.8 Å². The minimum Gasteiger partial charge on any atom is -0.481 e. The molecule has 98 valence electrons. The first kappa shape index (κ1) is 13.4. The van der Waals surface area contributed by atoms with E-state index in [1.807, 2.05) is 19.2 Å². The van der Waals surface area contributed by atoms with Gasteiger partial charge >= 0.3 is 5.97 Å². The Hall–Kier alpha value is -1.07. The minimum atomic E-state index is -0.732. The van der Waals surface area contributed by atoms with Crippen molar-refractivity contribution in [2.75, 3.05) is 31.6 Å². The van der Waals surface area contributed by atoms with Gasteiger partial charge in [0.1, 0.15) is 0 Å². The second-order valence-corrected chi connectivity index (χ2v) is 5.57. The van der Waals surface area contributed by atoms with Crippen LogP contribution < -0.4 is 4.90 Å². The zero-order chi connectivity index (χ0) is 13.1. The predicted molar refractivity (Wildman–Crippen MR) is 75.0 cm³/mol. The molecule has 0 saturated carbocycles. The number of carbonyl (C=O) groups is 1. The number of anilines is 1. The van der Waals surface area contributed by atoms with Gasteiger partial charge in [-0.25, -0.2) is 0 Å². The Kier molecular flexibility index (Phi) is 4.24. The maximum Gasteiger partial charge on any atom is 0.305 e. The maximum atomic E-state index is 10.8. The molecule has 1 atom stereocenters. The number of halogens is 1. The smallest absolute Gasteiger partial charge is 0.305 e. The van der Waals surface area contributed by atoms with Crippen LogP contribution in [0.3, 0.4) is 0 Å². The molecule has 1 fully saturated rings. The van der Waals surface area contributed by atoms with E-state index in [-0.39, 0.29) is 12.5 Å². The largest absolute Gasteiger partial charge is 0.481 e. The summed E-state index contributed by atoms with van der Waals surface area (Å²) in [6.45, 7) is 2.60. The number of hydrogen-bond acceptors (Lipinski definition) is 3. The molecule has 1 N–H and O–H groups in total. The Morgan fingerprint density at radius 3 is 2.67 bits per heavy atom. The van der Waals surface area contributed by atoms with Gasteiger partial charge in [0.25, 0.3) is 0 Å². The molecule has 1 saturated heterocycles. The second-order valence-electron chi connectivity index (χ2n) is 4.65. The van der Waals surface area contributed by atoms with Crippen LogP contribution in [0.1, 0.15) is 6.42 Å². The SMILES string of the molecule is CN1CCN(c2ccc(Br)cc2)CC1CC(=O)O. The Morgan fingerprint density at radius 2 is 2.06 bits per heavy atom. The van der Waals surface area contributed by atoms with E-state index in [1.165, 1.54) is 0 Å². The van der Waals surface area contributed by atoms with Crippen LogP contribution in [0.25, 0.3) is 0 Å². The number of aliphatic carboxylic acids is 1. The van der Waals surface area contributed by atoms with Gasteiger partial charge in [-0.15, -0.1) is 0 Å². The van der Waals surface area contributed by atoms with E-state index in [0.717, 1.165) is 29.8 Å². The molecule has 0 aliphatic carbocycles. The quantitative estimate of drug-likeness (QED) is 0.927. The van der Waals surface area contributed by atoms with Crippen molar-refractivity contribution in [2.24, 2.45) is 0 Å². The molecule has 1 unspecified atom stereocenters. The lowest BCUT2D eigenvalue weighted by molar-refractivity contribution is -0.138. The lowest BCUT2D eigenvalue weighted by atomic mass is 10.1. The Bertz CT molecular complexity index is 422. The van der Waals surface area contributed by atoms with Crippen LogP contribution in [0.5, 0.6) is 0 Å². The average Bonchev–Trinajstić information content (AvgIpc) is 2.32. The van der Waals surface area contributed by atoms with Gasteiger partial charge in [-0.2, -0.15) is 0 Å². The summed E-state index contributed by atoms with van der Waals surface area (Å²) in [6.07, 6.45) is 0.198. The summed E-state index contributed by atoms with van der Waals surface area (Å²) < 4.78 is 1.06. The summed E-state index contributed by atoms with van der Waals surface area (Å²) in [6, 6.07) is 8.24. The van der Waals surface area contributed by atoms with Crippen LogP contribution in [0.2, 0.25) is 0 Å². The van der Waals surface area contributed by atoms with Gasteiger partial charge in [0.2, 0.25) is 0 Å². The molecular formula is C13H17BrN2O2. The molecule has 1 aromatic rings. The highest BCUT2D eigenvalue weighted by Gasteiger charge is 2.26. The van der Waals surface area contributed by atoms with Gasteiger partial charge in [0.05, 0.1) is 6.42 Å². The van der Waals surface area contributed by atoms with Crippen molar-refractivity contribution < 1.29 is 9.90 Å². The number of nitrogens with zero attached hydrogens (tertiary/aromatic N) is 2. The number of piperazine rings is 1. The predicted octanol–water partition coefficient (Wildman–Crippen LogP) is 2.04. The molecule has 0 bridgehead atoms. The van der Waals surface area contributed by atoms with E-state index in [2.05, 4.69) is 37.9 Å². The number of benzene rings is 1. The normalized spacial score (nSPS) is 21.0. The fraction of sp³-hybridized carbons (Fsp3) is 0.462. The Morgan fingerprint density at radius 1 is 1.39 bits per heavy atom. The van der Waals surface area contributed by atoms with Crippen molar-refractivity contribution in [3.8, 4) is 0 Å². The zero-order valence-electron chi connectivity index (χ0n) is 10.3. The molecule has 1 aliphatic rings. The summed E-state index contributed by atoms with van der Waals surface area (Å²) in [7, 11) is 1.99. The third-order valence-electron chi connectivity index (χ3n) is 3.38. The number of rotatable bonds is 3. The van der Waals surface area contributed by atoms with E-state index in [0.29, 0.717) is 0 Å². The third-order valence-corrected chi connectivity index (χ3v) is 3.91. The molecule has 1 aliphatic heterocycles. The molecule has 18 heavy (non-hydrogen) atoms. The summed E-state index contributed by atoms with van der Waals surface area (Å²) in [4.78, 5) is 15.2. The van der Waals surface area contributed by atoms with Crippen LogP contribution in [0, 0.1) is 0 Å². The van der Waals surface area contributed by atoms with Crippen LogP contribution in [0.4, 0.5) is 5.69 Å². The average molecular weight is 313 g/mol. The molecule has 0 amide bonds. The molecule has 0 aromatic heterocycles. The molecule has 0 spiro atoms. The number of carboxylic acid groups (broad SMARTS) is 1. The molecule has 5 heteroatoms. The summed E-state index contributed by atoms with van der Waals surface area (Å²) in [5.74, 6) is -0.732. The van der Waals surface area contributed by atoms with Gasteiger partial charge in [-0.3, -0.25) is 9.69 Å². The van der Waals surface area contributed by atoms with Crippen molar-refractivity contribution in [3.63, 3.8) is 0 Å². The molecule has 0 radical (unpaired) electrons. The van der Waals surface area contributed by atoms with Crippen molar-refractivity contribution in [1.82, 2.24) is 4.90 Å². The maximum absolute atomic E-state index is 10.8. The van der Waals surface area contributed by atoms with E-state index in [9.17, 15) is 4.79 Å². The monoisotopic (exact) mass is 312 g/mol. The lowest BCUT2D eigenvalue weighted by Gasteiger charge is -2.40. The van der Waals surface area contributed by atoms with Gasteiger partial charge in [-0.1, -0.05) is 15.9 Å². The van der Waals surface area contributed by atoms with Crippen molar-refractivity contribution >= 4 is 27.6 Å². The summed E-state index contributed by atoms with van der Waals surface area (Å²) in [5, 5.41) is 8.93. The van der Waals surface area contributed by atoms with Crippen molar-refractivity contribution in [1.29, 1.82) is 0 Å². The standard InChI is InChI=1S/C13H17BrN2O2/c1-15-6-7-16(9-12(15)8-13(17)18)11-4-2-10(14)3-5-11/h2-5,12H,6-9H2,1H3,(H,17,18). The third kappa shape index (κ3) is 3.23. The zero-order valence-corrected chi connectivity index (χ0v) is 11.9. The van der Waals surface area contributed by atoms with Crippen LogP contribution >= 0.6 is 15.9 Å². The molecule has 2 rings (SSSR count). The van der Waals surface area contributed by atoms with Crippen LogP contribution in [-0.4, -0.2) is 48.7 Å². The highest BCUT2D eigenvalue weighted by atomic mass is 79.9. The Balaban J connectivity index is 2.06. The first-order valence-corrected chi connectivity index (χ1v) is 6.78. The van der Waals surface area contributed by atoms with E-state index >= 15 is 0 Å². The van der Waals surface area contributed by atoms with Crippen LogP contribution in [0.15, 0.2) is 28.7 Å². The first-order chi connectivity index (χ1) is 8.56. The van der Waals surface area contributed by atoms with Gasteiger partial charge < -0.3 is 10.0 Å². The summed E-state index contributed by atoms with van der Waals surface area (Å²) >= 11 is 3.42. The van der Waals surface area contributed by atoms with Crippen molar-refractivity contribution in [2.45, 2.75) is 12.5 Å². The fourth-order valence-electron chi connectivity index (χ4n) is 2.25. The van der Waals surface area contributed by atoms with Gasteiger partial charge in [0.15, 0.2) is 0 Å². The highest BCUT2D eigenvalue weighted by molar-refractivity contribution is 9.10. The van der Waals surface area contributed by atoms with Crippen molar-refractivity contribution in [3.05, 3.63) is 28.7 Å². The van der Waals surface area contributed by atoms with E-state index in [1.54, 1.807) is 0 Å². The second kappa shape index (κ2) is 5.71. The van der Waals surface area contributed by atoms with E-state index < -0.39 is 5.97 Å². The Labute approximate surface area is 115 Å². The molecule has 4 nitrogen and oxygen atoms in total. The topological polar surface area (TPSA) is 43.8 Å². The molecular weight excluding hydrogens is 296 g/mol. The molecule has 1 heterocycles.